The second-order valence-corrected chi connectivity index (χ2v) is 9.84. The van der Waals surface area contributed by atoms with E-state index >= 15 is 0 Å². The third kappa shape index (κ3) is 4.17. The lowest BCUT2D eigenvalue weighted by molar-refractivity contribution is -0.141. The van der Waals surface area contributed by atoms with E-state index in [0.717, 1.165) is 19.6 Å². The predicted octanol–water partition coefficient (Wildman–Crippen LogP) is 0.263. The highest BCUT2D eigenvalue weighted by molar-refractivity contribution is 7.89. The SMILES string of the molecule is CCN1CCN(C(=O)CN2CC[C@@]3(CCC2=O)Nc2ccccc2S(=O)(=O)N3)CC1. The van der Waals surface area contributed by atoms with Crippen LogP contribution in [0.1, 0.15) is 26.2 Å². The summed E-state index contributed by atoms with van der Waals surface area (Å²) in [5, 5.41) is 3.31. The monoisotopic (exact) mass is 435 g/mol. The molecule has 9 nitrogen and oxygen atoms in total. The number of carbonyl (C=O) groups excluding carboxylic acids is 2. The van der Waals surface area contributed by atoms with Crippen molar-refractivity contribution in [2.45, 2.75) is 36.7 Å². The van der Waals surface area contributed by atoms with Gasteiger partial charge in [0, 0.05) is 45.6 Å². The van der Waals surface area contributed by atoms with Crippen LogP contribution >= 0.6 is 0 Å². The van der Waals surface area contributed by atoms with Gasteiger partial charge in [0.15, 0.2) is 0 Å². The third-order valence-electron chi connectivity index (χ3n) is 6.31. The first kappa shape index (κ1) is 21.1. The highest BCUT2D eigenvalue weighted by Gasteiger charge is 2.43. The van der Waals surface area contributed by atoms with Crippen molar-refractivity contribution in [2.24, 2.45) is 0 Å². The maximum atomic E-state index is 12.7. The third-order valence-corrected chi connectivity index (χ3v) is 7.90. The summed E-state index contributed by atoms with van der Waals surface area (Å²) in [7, 11) is -3.67. The Morgan fingerprint density at radius 1 is 1.10 bits per heavy atom. The van der Waals surface area contributed by atoms with E-state index in [0.29, 0.717) is 38.2 Å². The number of nitrogens with zero attached hydrogens (tertiary/aromatic N) is 3. The summed E-state index contributed by atoms with van der Waals surface area (Å²) in [5.41, 5.74) is -0.380. The Kier molecular flexibility index (Phi) is 5.73. The molecule has 2 N–H and O–H groups in total. The minimum absolute atomic E-state index is 0.0439. The smallest absolute Gasteiger partial charge is 0.244 e. The van der Waals surface area contributed by atoms with E-state index < -0.39 is 15.7 Å². The molecule has 2 fully saturated rings. The van der Waals surface area contributed by atoms with Gasteiger partial charge in [-0.2, -0.15) is 4.72 Å². The molecule has 0 radical (unpaired) electrons. The maximum absolute atomic E-state index is 12.7. The number of nitrogens with one attached hydrogen (secondary N) is 2. The Morgan fingerprint density at radius 3 is 2.57 bits per heavy atom. The number of likely N-dealkylation sites (N-methyl/N-ethyl adjacent to an activating group) is 1. The van der Waals surface area contributed by atoms with Crippen molar-refractivity contribution in [2.75, 3.05) is 51.1 Å². The van der Waals surface area contributed by atoms with Gasteiger partial charge < -0.3 is 20.0 Å². The fraction of sp³-hybridized carbons (Fsp3) is 0.600. The summed E-state index contributed by atoms with van der Waals surface area (Å²) in [6.07, 6.45) is 0.900. The Bertz CT molecular complexity index is 929. The van der Waals surface area contributed by atoms with Crippen molar-refractivity contribution in [3.05, 3.63) is 24.3 Å². The Labute approximate surface area is 177 Å². The number of likely N-dealkylation sites (tertiary alicyclic amines) is 1. The van der Waals surface area contributed by atoms with Gasteiger partial charge in [-0.15, -0.1) is 0 Å². The van der Waals surface area contributed by atoms with Gasteiger partial charge in [-0.05, 0) is 25.1 Å². The standard InChI is InChI=1S/C20H29N5O4S/c1-2-23-11-13-24(14-12-23)19(27)15-25-10-9-20(8-7-18(25)26)21-16-5-3-4-6-17(16)30(28,29)22-20/h3-6,21-22H,2,7-15H2,1H3/t20-/m0/s1. The number of carbonyl (C=O) groups is 2. The van der Waals surface area contributed by atoms with Crippen LogP contribution in [0.2, 0.25) is 0 Å². The minimum Gasteiger partial charge on any atom is -0.365 e. The average molecular weight is 436 g/mol. The molecule has 3 aliphatic heterocycles. The van der Waals surface area contributed by atoms with Crippen LogP contribution in [0.25, 0.3) is 0 Å². The van der Waals surface area contributed by atoms with Crippen molar-refractivity contribution < 1.29 is 18.0 Å². The lowest BCUT2D eigenvalue weighted by Crippen LogP contribution is -2.57. The quantitative estimate of drug-likeness (QED) is 0.706. The molecule has 30 heavy (non-hydrogen) atoms. The van der Waals surface area contributed by atoms with Crippen LogP contribution in [0.3, 0.4) is 0 Å². The van der Waals surface area contributed by atoms with Gasteiger partial charge >= 0.3 is 0 Å². The molecular weight excluding hydrogens is 406 g/mol. The van der Waals surface area contributed by atoms with Gasteiger partial charge in [-0.1, -0.05) is 19.1 Å². The highest BCUT2D eigenvalue weighted by atomic mass is 32.2. The topological polar surface area (TPSA) is 102 Å². The maximum Gasteiger partial charge on any atom is 0.244 e. The number of benzene rings is 1. The predicted molar refractivity (Wildman–Crippen MR) is 112 cm³/mol. The number of sulfonamides is 1. The van der Waals surface area contributed by atoms with Crippen molar-refractivity contribution in [3.8, 4) is 0 Å². The van der Waals surface area contributed by atoms with Gasteiger partial charge in [-0.3, -0.25) is 9.59 Å². The first-order valence-corrected chi connectivity index (χ1v) is 12.0. The molecule has 0 aromatic heterocycles. The molecule has 3 aliphatic rings. The molecule has 2 amide bonds. The number of para-hydroxylation sites is 1. The zero-order valence-corrected chi connectivity index (χ0v) is 18.1. The van der Waals surface area contributed by atoms with E-state index in [1.165, 1.54) is 0 Å². The van der Waals surface area contributed by atoms with Crippen molar-refractivity contribution in [1.82, 2.24) is 19.4 Å². The number of amides is 2. The fourth-order valence-corrected chi connectivity index (χ4v) is 5.97. The number of fused-ring (bicyclic) bond motifs is 1. The number of rotatable bonds is 3. The molecule has 0 saturated carbocycles. The van der Waals surface area contributed by atoms with Gasteiger partial charge in [0.25, 0.3) is 0 Å². The first-order valence-electron chi connectivity index (χ1n) is 10.5. The van der Waals surface area contributed by atoms with E-state index in [-0.39, 0.29) is 29.7 Å². The Morgan fingerprint density at radius 2 is 1.83 bits per heavy atom. The minimum atomic E-state index is -3.67. The van der Waals surface area contributed by atoms with E-state index in [4.69, 9.17) is 0 Å². The molecule has 164 valence electrons. The lowest BCUT2D eigenvalue weighted by Gasteiger charge is -2.39. The summed E-state index contributed by atoms with van der Waals surface area (Å²) in [5.74, 6) is -0.162. The number of anilines is 1. The van der Waals surface area contributed by atoms with Crippen LogP contribution in [-0.2, 0) is 19.6 Å². The van der Waals surface area contributed by atoms with E-state index in [9.17, 15) is 18.0 Å². The number of piperazine rings is 1. The molecule has 1 atom stereocenters. The summed E-state index contributed by atoms with van der Waals surface area (Å²) in [4.78, 5) is 31.3. The van der Waals surface area contributed by atoms with Gasteiger partial charge in [0.1, 0.15) is 10.6 Å². The molecule has 0 unspecified atom stereocenters. The van der Waals surface area contributed by atoms with Crippen LogP contribution in [0.4, 0.5) is 5.69 Å². The van der Waals surface area contributed by atoms with Gasteiger partial charge in [-0.25, -0.2) is 8.42 Å². The molecule has 1 aromatic carbocycles. The van der Waals surface area contributed by atoms with Gasteiger partial charge in [0.05, 0.1) is 12.2 Å². The first-order chi connectivity index (χ1) is 14.3. The largest absolute Gasteiger partial charge is 0.365 e. The normalized spacial score (nSPS) is 26.8. The van der Waals surface area contributed by atoms with Crippen LogP contribution in [0.5, 0.6) is 0 Å². The number of hydrogen-bond donors (Lipinski definition) is 2. The summed E-state index contributed by atoms with van der Waals surface area (Å²) >= 11 is 0. The summed E-state index contributed by atoms with van der Waals surface area (Å²) in [6, 6.07) is 6.76. The Balaban J connectivity index is 1.43. The van der Waals surface area contributed by atoms with Crippen LogP contribution < -0.4 is 10.0 Å². The lowest BCUT2D eigenvalue weighted by atomic mass is 10.0. The zero-order valence-electron chi connectivity index (χ0n) is 17.3. The van der Waals surface area contributed by atoms with Crippen molar-refractivity contribution in [1.29, 1.82) is 0 Å². The molecule has 0 aliphatic carbocycles. The second-order valence-electron chi connectivity index (χ2n) is 8.19. The molecular formula is C20H29N5O4S. The average Bonchev–Trinajstić information content (AvgIpc) is 2.87. The van der Waals surface area contributed by atoms with Crippen LogP contribution in [0.15, 0.2) is 29.2 Å². The molecule has 10 heteroatoms. The number of hydrogen-bond acceptors (Lipinski definition) is 6. The van der Waals surface area contributed by atoms with Crippen LogP contribution in [-0.4, -0.2) is 86.4 Å². The molecule has 4 rings (SSSR count). The molecule has 2 saturated heterocycles. The van der Waals surface area contributed by atoms with Crippen LogP contribution in [0, 0.1) is 0 Å². The zero-order chi connectivity index (χ0) is 21.4. The molecule has 0 bridgehead atoms. The van der Waals surface area contributed by atoms with E-state index in [1.54, 1.807) is 29.2 Å². The Hall–Kier alpha value is -2.17. The van der Waals surface area contributed by atoms with Gasteiger partial charge in [0.2, 0.25) is 21.8 Å². The van der Waals surface area contributed by atoms with E-state index in [1.807, 2.05) is 4.90 Å². The summed E-state index contributed by atoms with van der Waals surface area (Å²) in [6.45, 7) is 6.50. The fourth-order valence-electron chi connectivity index (χ4n) is 4.42. The second kappa shape index (κ2) is 8.16. The molecule has 3 heterocycles. The molecule has 1 spiro atoms. The molecule has 1 aromatic rings. The van der Waals surface area contributed by atoms with E-state index in [2.05, 4.69) is 21.9 Å². The summed E-state index contributed by atoms with van der Waals surface area (Å²) < 4.78 is 28.2. The van der Waals surface area contributed by atoms with Crippen molar-refractivity contribution >= 4 is 27.5 Å². The highest BCUT2D eigenvalue weighted by Crippen LogP contribution is 2.34. The van der Waals surface area contributed by atoms with Crippen molar-refractivity contribution in [3.63, 3.8) is 0 Å².